The van der Waals surface area contributed by atoms with E-state index in [-0.39, 0.29) is 12.2 Å². The number of benzene rings is 1. The van der Waals surface area contributed by atoms with Gasteiger partial charge >= 0.3 is 11.9 Å². The highest BCUT2D eigenvalue weighted by Gasteiger charge is 2.26. The maximum atomic E-state index is 11.7. The Morgan fingerprint density at radius 3 is 2.53 bits per heavy atom. The summed E-state index contributed by atoms with van der Waals surface area (Å²) in [6.45, 7) is 6.89. The number of carbonyl (C=O) groups excluding carboxylic acids is 2. The third kappa shape index (κ3) is 4.21. The van der Waals surface area contributed by atoms with Crippen molar-refractivity contribution in [2.24, 2.45) is 0 Å². The highest BCUT2D eigenvalue weighted by atomic mass is 79.9. The summed E-state index contributed by atoms with van der Waals surface area (Å²) in [6.07, 6.45) is -0.855. The normalized spacial score (nSPS) is 11.5. The minimum atomic E-state index is -0.855. The van der Waals surface area contributed by atoms with Crippen molar-refractivity contribution in [3.63, 3.8) is 0 Å². The van der Waals surface area contributed by atoms with Crippen LogP contribution in [-0.2, 0) is 19.1 Å². The van der Waals surface area contributed by atoms with Crippen molar-refractivity contribution in [3.05, 3.63) is 46.5 Å². The zero-order valence-electron chi connectivity index (χ0n) is 10.8. The quantitative estimate of drug-likeness (QED) is 0.616. The van der Waals surface area contributed by atoms with Crippen molar-refractivity contribution in [2.45, 2.75) is 20.0 Å². The van der Waals surface area contributed by atoms with Crippen LogP contribution >= 0.6 is 15.9 Å². The standard InChI is InChI=1S/C14H15BrO4/c1-4-18-14(17)9(2)13(19-10(3)16)11-7-5-6-8-12(11)15/h5-8,13H,2,4H2,1,3H3. The minimum absolute atomic E-state index is 0.0870. The molecule has 0 saturated carbocycles. The van der Waals surface area contributed by atoms with Crippen molar-refractivity contribution < 1.29 is 19.1 Å². The molecule has 0 radical (unpaired) electrons. The van der Waals surface area contributed by atoms with E-state index < -0.39 is 18.0 Å². The SMILES string of the molecule is C=C(C(=O)OCC)C(OC(C)=O)c1ccccc1Br. The van der Waals surface area contributed by atoms with Gasteiger partial charge in [0.2, 0.25) is 0 Å². The van der Waals surface area contributed by atoms with E-state index in [0.717, 1.165) is 4.47 Å². The van der Waals surface area contributed by atoms with Crippen LogP contribution in [0.2, 0.25) is 0 Å². The molecule has 102 valence electrons. The molecule has 1 atom stereocenters. The molecule has 1 rings (SSSR count). The van der Waals surface area contributed by atoms with Gasteiger partial charge in [-0.3, -0.25) is 4.79 Å². The minimum Gasteiger partial charge on any atom is -0.463 e. The van der Waals surface area contributed by atoms with Gasteiger partial charge in [-0.15, -0.1) is 0 Å². The van der Waals surface area contributed by atoms with Crippen molar-refractivity contribution in [1.29, 1.82) is 0 Å². The van der Waals surface area contributed by atoms with E-state index in [1.807, 2.05) is 6.07 Å². The molecular formula is C14H15BrO4. The van der Waals surface area contributed by atoms with Crippen LogP contribution in [0.4, 0.5) is 0 Å². The summed E-state index contributed by atoms with van der Waals surface area (Å²) in [7, 11) is 0. The predicted molar refractivity (Wildman–Crippen MR) is 74.4 cm³/mol. The number of ether oxygens (including phenoxy) is 2. The highest BCUT2D eigenvalue weighted by molar-refractivity contribution is 9.10. The third-order valence-corrected chi connectivity index (χ3v) is 3.05. The number of esters is 2. The first-order valence-electron chi connectivity index (χ1n) is 5.75. The zero-order valence-corrected chi connectivity index (χ0v) is 12.4. The average molecular weight is 327 g/mol. The first-order valence-corrected chi connectivity index (χ1v) is 6.54. The Morgan fingerprint density at radius 2 is 2.00 bits per heavy atom. The summed E-state index contributed by atoms with van der Waals surface area (Å²) in [5.74, 6) is -1.07. The molecule has 0 N–H and O–H groups in total. The lowest BCUT2D eigenvalue weighted by Gasteiger charge is -2.19. The Kier molecular flexibility index (Phi) is 5.76. The van der Waals surface area contributed by atoms with E-state index in [0.29, 0.717) is 5.56 Å². The van der Waals surface area contributed by atoms with Gasteiger partial charge in [-0.1, -0.05) is 40.7 Å². The number of hydrogen-bond acceptors (Lipinski definition) is 4. The van der Waals surface area contributed by atoms with Gasteiger partial charge in [-0.25, -0.2) is 4.79 Å². The number of rotatable bonds is 5. The van der Waals surface area contributed by atoms with Crippen LogP contribution in [0.3, 0.4) is 0 Å². The largest absolute Gasteiger partial charge is 0.463 e. The molecule has 0 amide bonds. The lowest BCUT2D eigenvalue weighted by molar-refractivity contribution is -0.147. The van der Waals surface area contributed by atoms with Crippen molar-refractivity contribution in [1.82, 2.24) is 0 Å². The fourth-order valence-corrected chi connectivity index (χ4v) is 2.00. The van der Waals surface area contributed by atoms with Gasteiger partial charge in [0.1, 0.15) is 0 Å². The van der Waals surface area contributed by atoms with Crippen LogP contribution in [0, 0.1) is 0 Å². The van der Waals surface area contributed by atoms with Crippen LogP contribution in [-0.4, -0.2) is 18.5 Å². The lowest BCUT2D eigenvalue weighted by atomic mass is 10.0. The summed E-state index contributed by atoms with van der Waals surface area (Å²) in [5, 5.41) is 0. The summed E-state index contributed by atoms with van der Waals surface area (Å²) >= 11 is 3.36. The van der Waals surface area contributed by atoms with Crippen LogP contribution in [0.1, 0.15) is 25.5 Å². The second-order valence-corrected chi connectivity index (χ2v) is 4.61. The molecule has 0 aliphatic rings. The van der Waals surface area contributed by atoms with Gasteiger partial charge in [-0.2, -0.15) is 0 Å². The molecule has 0 aromatic heterocycles. The number of hydrogen-bond donors (Lipinski definition) is 0. The Balaban J connectivity index is 3.08. The summed E-state index contributed by atoms with van der Waals surface area (Å²) in [4.78, 5) is 22.9. The smallest absolute Gasteiger partial charge is 0.337 e. The summed E-state index contributed by atoms with van der Waals surface area (Å²) in [6, 6.07) is 7.16. The molecule has 19 heavy (non-hydrogen) atoms. The Hall–Kier alpha value is -1.62. The Bertz CT molecular complexity index is 496. The molecule has 0 aliphatic carbocycles. The Morgan fingerprint density at radius 1 is 1.37 bits per heavy atom. The zero-order chi connectivity index (χ0) is 14.4. The van der Waals surface area contributed by atoms with E-state index in [1.54, 1.807) is 25.1 Å². The maximum Gasteiger partial charge on any atom is 0.337 e. The fraction of sp³-hybridized carbons (Fsp3) is 0.286. The monoisotopic (exact) mass is 326 g/mol. The molecule has 0 aliphatic heterocycles. The predicted octanol–water partition coefficient (Wildman–Crippen LogP) is 3.17. The molecular weight excluding hydrogens is 312 g/mol. The van der Waals surface area contributed by atoms with E-state index in [9.17, 15) is 9.59 Å². The first kappa shape index (κ1) is 15.4. The fourth-order valence-electron chi connectivity index (χ4n) is 1.51. The highest BCUT2D eigenvalue weighted by Crippen LogP contribution is 2.31. The van der Waals surface area contributed by atoms with Gasteiger partial charge in [-0.05, 0) is 13.0 Å². The van der Waals surface area contributed by atoms with Crippen LogP contribution < -0.4 is 0 Å². The number of carbonyl (C=O) groups is 2. The molecule has 1 unspecified atom stereocenters. The van der Waals surface area contributed by atoms with Crippen molar-refractivity contribution in [3.8, 4) is 0 Å². The molecule has 5 heteroatoms. The van der Waals surface area contributed by atoms with E-state index in [1.165, 1.54) is 6.92 Å². The molecule has 0 spiro atoms. The van der Waals surface area contributed by atoms with Gasteiger partial charge in [0, 0.05) is 17.0 Å². The topological polar surface area (TPSA) is 52.6 Å². The van der Waals surface area contributed by atoms with E-state index >= 15 is 0 Å². The molecule has 1 aromatic rings. The maximum absolute atomic E-state index is 11.7. The lowest BCUT2D eigenvalue weighted by Crippen LogP contribution is -2.18. The molecule has 0 fully saturated rings. The summed E-state index contributed by atoms with van der Waals surface area (Å²) in [5.41, 5.74) is 0.736. The van der Waals surface area contributed by atoms with E-state index in [2.05, 4.69) is 22.5 Å². The van der Waals surface area contributed by atoms with Crippen LogP contribution in [0.25, 0.3) is 0 Å². The molecule has 0 heterocycles. The van der Waals surface area contributed by atoms with E-state index in [4.69, 9.17) is 9.47 Å². The Labute approximate surface area is 120 Å². The van der Waals surface area contributed by atoms with Gasteiger partial charge in [0.15, 0.2) is 6.10 Å². The molecule has 0 saturated heterocycles. The van der Waals surface area contributed by atoms with Crippen LogP contribution in [0.5, 0.6) is 0 Å². The summed E-state index contributed by atoms with van der Waals surface area (Å²) < 4.78 is 10.8. The third-order valence-electron chi connectivity index (χ3n) is 2.33. The second kappa shape index (κ2) is 7.09. The van der Waals surface area contributed by atoms with Gasteiger partial charge < -0.3 is 9.47 Å². The first-order chi connectivity index (χ1) is 8.97. The van der Waals surface area contributed by atoms with Gasteiger partial charge in [0.25, 0.3) is 0 Å². The second-order valence-electron chi connectivity index (χ2n) is 3.76. The van der Waals surface area contributed by atoms with Crippen LogP contribution in [0.15, 0.2) is 40.9 Å². The number of halogens is 1. The van der Waals surface area contributed by atoms with Crippen molar-refractivity contribution >= 4 is 27.9 Å². The molecule has 0 bridgehead atoms. The average Bonchev–Trinajstić information content (AvgIpc) is 2.36. The molecule has 1 aromatic carbocycles. The molecule has 4 nitrogen and oxygen atoms in total. The van der Waals surface area contributed by atoms with Crippen molar-refractivity contribution in [2.75, 3.05) is 6.61 Å². The van der Waals surface area contributed by atoms with Gasteiger partial charge in [0.05, 0.1) is 12.2 Å².